The molecular formula is C14H25N3O2. The van der Waals surface area contributed by atoms with E-state index in [9.17, 15) is 9.59 Å². The Kier molecular flexibility index (Phi) is 4.80. The van der Waals surface area contributed by atoms with E-state index in [0.29, 0.717) is 25.9 Å². The Labute approximate surface area is 114 Å². The number of nitrogens with one attached hydrogen (secondary N) is 2. The van der Waals surface area contributed by atoms with Crippen molar-refractivity contribution in [1.82, 2.24) is 10.6 Å². The molecule has 4 N–H and O–H groups in total. The predicted octanol–water partition coefficient (Wildman–Crippen LogP) is 0.680. The van der Waals surface area contributed by atoms with E-state index in [1.807, 2.05) is 0 Å². The molecule has 2 aliphatic rings. The summed E-state index contributed by atoms with van der Waals surface area (Å²) >= 11 is 0. The number of amides is 2. The van der Waals surface area contributed by atoms with E-state index >= 15 is 0 Å². The minimum atomic E-state index is 0.0141. The maximum atomic E-state index is 12.1. The second-order valence-corrected chi connectivity index (χ2v) is 6.05. The molecule has 1 aliphatic heterocycles. The first kappa shape index (κ1) is 14.3. The maximum absolute atomic E-state index is 12.1. The van der Waals surface area contributed by atoms with Gasteiger partial charge in [0, 0.05) is 25.4 Å². The number of nitrogens with two attached hydrogens (primary N) is 1. The first-order valence-corrected chi connectivity index (χ1v) is 7.40. The van der Waals surface area contributed by atoms with Gasteiger partial charge in [-0.05, 0) is 31.2 Å². The molecule has 0 radical (unpaired) electrons. The lowest BCUT2D eigenvalue weighted by Crippen LogP contribution is -2.49. The SMILES string of the molecule is NCC1(CC(=O)NC2CCC(=O)NC2)CCCCC1. The van der Waals surface area contributed by atoms with Gasteiger partial charge in [0.15, 0.2) is 0 Å². The molecule has 0 aromatic carbocycles. The molecule has 0 aromatic heterocycles. The quantitative estimate of drug-likeness (QED) is 0.700. The lowest BCUT2D eigenvalue weighted by molar-refractivity contribution is -0.127. The minimum absolute atomic E-state index is 0.0141. The molecule has 1 unspecified atom stereocenters. The van der Waals surface area contributed by atoms with Gasteiger partial charge < -0.3 is 16.4 Å². The number of carbonyl (C=O) groups excluding carboxylic acids is 2. The van der Waals surface area contributed by atoms with Crippen molar-refractivity contribution >= 4 is 11.8 Å². The highest BCUT2D eigenvalue weighted by Gasteiger charge is 2.33. The molecule has 2 amide bonds. The molecule has 1 saturated heterocycles. The van der Waals surface area contributed by atoms with Gasteiger partial charge in [0.1, 0.15) is 0 Å². The van der Waals surface area contributed by atoms with E-state index in [4.69, 9.17) is 5.73 Å². The van der Waals surface area contributed by atoms with Gasteiger partial charge in [-0.15, -0.1) is 0 Å². The van der Waals surface area contributed by atoms with Crippen molar-refractivity contribution in [3.8, 4) is 0 Å². The fourth-order valence-electron chi connectivity index (χ4n) is 3.23. The number of piperidine rings is 1. The van der Waals surface area contributed by atoms with Crippen LogP contribution >= 0.6 is 0 Å². The van der Waals surface area contributed by atoms with Crippen molar-refractivity contribution in [3.63, 3.8) is 0 Å². The Balaban J connectivity index is 1.81. The van der Waals surface area contributed by atoms with Crippen LogP contribution in [0.3, 0.4) is 0 Å². The van der Waals surface area contributed by atoms with Gasteiger partial charge in [0.05, 0.1) is 0 Å². The zero-order valence-corrected chi connectivity index (χ0v) is 11.5. The Morgan fingerprint density at radius 3 is 2.68 bits per heavy atom. The molecular weight excluding hydrogens is 242 g/mol. The van der Waals surface area contributed by atoms with Gasteiger partial charge in [0.25, 0.3) is 0 Å². The first-order valence-electron chi connectivity index (χ1n) is 7.40. The summed E-state index contributed by atoms with van der Waals surface area (Å²) < 4.78 is 0. The van der Waals surface area contributed by atoms with Gasteiger partial charge in [-0.1, -0.05) is 19.3 Å². The number of hydrogen-bond donors (Lipinski definition) is 3. The standard InChI is InChI=1S/C14H25N3O2/c15-10-14(6-2-1-3-7-14)8-13(19)17-11-4-5-12(18)16-9-11/h11H,1-10,15H2,(H,16,18)(H,17,19). The molecule has 0 spiro atoms. The molecule has 1 aliphatic carbocycles. The summed E-state index contributed by atoms with van der Waals surface area (Å²) in [6.07, 6.45) is 7.55. The summed E-state index contributed by atoms with van der Waals surface area (Å²) in [5, 5.41) is 5.82. The van der Waals surface area contributed by atoms with E-state index in [2.05, 4.69) is 10.6 Å². The Morgan fingerprint density at radius 2 is 2.11 bits per heavy atom. The summed E-state index contributed by atoms with van der Waals surface area (Å²) in [6.45, 7) is 1.15. The summed E-state index contributed by atoms with van der Waals surface area (Å²) in [7, 11) is 0. The zero-order valence-electron chi connectivity index (χ0n) is 11.5. The monoisotopic (exact) mass is 267 g/mol. The predicted molar refractivity (Wildman–Crippen MR) is 73.4 cm³/mol. The van der Waals surface area contributed by atoms with Crippen molar-refractivity contribution in [3.05, 3.63) is 0 Å². The molecule has 5 nitrogen and oxygen atoms in total. The van der Waals surface area contributed by atoms with E-state index in [1.165, 1.54) is 19.3 Å². The molecule has 2 fully saturated rings. The normalized spacial score (nSPS) is 26.6. The van der Waals surface area contributed by atoms with Gasteiger partial charge in [-0.3, -0.25) is 9.59 Å². The third-order valence-corrected chi connectivity index (χ3v) is 4.51. The smallest absolute Gasteiger partial charge is 0.220 e. The van der Waals surface area contributed by atoms with Crippen molar-refractivity contribution in [2.45, 2.75) is 57.4 Å². The first-order chi connectivity index (χ1) is 9.13. The lowest BCUT2D eigenvalue weighted by atomic mass is 9.71. The van der Waals surface area contributed by atoms with Crippen molar-refractivity contribution in [1.29, 1.82) is 0 Å². The molecule has 0 bridgehead atoms. The molecule has 108 valence electrons. The average molecular weight is 267 g/mol. The van der Waals surface area contributed by atoms with Gasteiger partial charge >= 0.3 is 0 Å². The molecule has 5 heteroatoms. The fraction of sp³-hybridized carbons (Fsp3) is 0.857. The summed E-state index contributed by atoms with van der Waals surface area (Å²) in [5.74, 6) is 0.171. The fourth-order valence-corrected chi connectivity index (χ4v) is 3.23. The van der Waals surface area contributed by atoms with Crippen molar-refractivity contribution in [2.24, 2.45) is 11.1 Å². The third kappa shape index (κ3) is 3.93. The van der Waals surface area contributed by atoms with E-state index in [0.717, 1.165) is 19.3 Å². The van der Waals surface area contributed by atoms with Crippen molar-refractivity contribution < 1.29 is 9.59 Å². The Hall–Kier alpha value is -1.10. The van der Waals surface area contributed by atoms with E-state index in [1.54, 1.807) is 0 Å². The van der Waals surface area contributed by atoms with E-state index in [-0.39, 0.29) is 23.3 Å². The Morgan fingerprint density at radius 1 is 1.37 bits per heavy atom. The van der Waals surface area contributed by atoms with Crippen LogP contribution in [0.5, 0.6) is 0 Å². The van der Waals surface area contributed by atoms with Crippen LogP contribution in [-0.2, 0) is 9.59 Å². The van der Waals surface area contributed by atoms with Gasteiger partial charge in [-0.2, -0.15) is 0 Å². The van der Waals surface area contributed by atoms with Crippen LogP contribution < -0.4 is 16.4 Å². The zero-order chi connectivity index (χ0) is 13.7. The molecule has 0 aromatic rings. The molecule has 19 heavy (non-hydrogen) atoms. The Bertz CT molecular complexity index is 328. The highest BCUT2D eigenvalue weighted by molar-refractivity contribution is 5.79. The van der Waals surface area contributed by atoms with Crippen LogP contribution in [0.15, 0.2) is 0 Å². The van der Waals surface area contributed by atoms with Crippen LogP contribution in [0.1, 0.15) is 51.4 Å². The topological polar surface area (TPSA) is 84.2 Å². The van der Waals surface area contributed by atoms with Crippen LogP contribution in [0.4, 0.5) is 0 Å². The second-order valence-electron chi connectivity index (χ2n) is 6.05. The summed E-state index contributed by atoms with van der Waals surface area (Å²) in [6, 6.07) is 0.0867. The number of rotatable bonds is 4. The second kappa shape index (κ2) is 6.37. The molecule has 1 saturated carbocycles. The largest absolute Gasteiger partial charge is 0.354 e. The third-order valence-electron chi connectivity index (χ3n) is 4.51. The lowest BCUT2D eigenvalue weighted by Gasteiger charge is -2.36. The minimum Gasteiger partial charge on any atom is -0.354 e. The van der Waals surface area contributed by atoms with Crippen LogP contribution in [0, 0.1) is 5.41 Å². The molecule has 1 heterocycles. The van der Waals surface area contributed by atoms with Crippen LogP contribution in [0.2, 0.25) is 0 Å². The molecule has 1 atom stereocenters. The van der Waals surface area contributed by atoms with Gasteiger partial charge in [0.2, 0.25) is 11.8 Å². The summed E-state index contributed by atoms with van der Waals surface area (Å²) in [4.78, 5) is 23.2. The van der Waals surface area contributed by atoms with Gasteiger partial charge in [-0.25, -0.2) is 0 Å². The van der Waals surface area contributed by atoms with Crippen LogP contribution in [0.25, 0.3) is 0 Å². The molecule has 2 rings (SSSR count). The number of hydrogen-bond acceptors (Lipinski definition) is 3. The highest BCUT2D eigenvalue weighted by Crippen LogP contribution is 2.38. The van der Waals surface area contributed by atoms with Crippen LogP contribution in [-0.4, -0.2) is 30.9 Å². The summed E-state index contributed by atoms with van der Waals surface area (Å²) in [5.41, 5.74) is 5.92. The average Bonchev–Trinajstić information content (AvgIpc) is 2.42. The van der Waals surface area contributed by atoms with E-state index < -0.39 is 0 Å². The van der Waals surface area contributed by atoms with Crippen molar-refractivity contribution in [2.75, 3.05) is 13.1 Å². The highest BCUT2D eigenvalue weighted by atomic mass is 16.2. The number of carbonyl (C=O) groups is 2. The maximum Gasteiger partial charge on any atom is 0.220 e.